The lowest BCUT2D eigenvalue weighted by molar-refractivity contribution is 0.357. The van der Waals surface area contributed by atoms with Crippen LogP contribution in [0.15, 0.2) is 28.2 Å². The standard InChI is InChI=1S/C11H12Cl2N4/c1-7(2)17-6-14-11(13)16-10(17)8-4-3-5-9(12)15-8/h3-5,7H,6H2,1-2H3. The van der Waals surface area contributed by atoms with Gasteiger partial charge in [0, 0.05) is 6.04 Å². The van der Waals surface area contributed by atoms with Crippen LogP contribution in [0.2, 0.25) is 5.15 Å². The first-order chi connectivity index (χ1) is 8.08. The number of hydrogen-bond donors (Lipinski definition) is 0. The Balaban J connectivity index is 2.42. The van der Waals surface area contributed by atoms with Gasteiger partial charge in [-0.25, -0.2) is 9.98 Å². The van der Waals surface area contributed by atoms with Gasteiger partial charge >= 0.3 is 0 Å². The van der Waals surface area contributed by atoms with Crippen LogP contribution >= 0.6 is 23.2 Å². The molecule has 0 radical (unpaired) electrons. The number of nitrogens with zero attached hydrogens (tertiary/aromatic N) is 4. The number of aromatic nitrogens is 1. The van der Waals surface area contributed by atoms with Crippen LogP contribution in [0.1, 0.15) is 19.5 Å². The van der Waals surface area contributed by atoms with Crippen molar-refractivity contribution in [2.45, 2.75) is 19.9 Å². The number of amidine groups is 2. The topological polar surface area (TPSA) is 40.9 Å². The molecule has 0 aromatic carbocycles. The highest BCUT2D eigenvalue weighted by atomic mass is 35.5. The van der Waals surface area contributed by atoms with Gasteiger partial charge in [-0.15, -0.1) is 0 Å². The zero-order valence-corrected chi connectivity index (χ0v) is 11.1. The Morgan fingerprint density at radius 2 is 2.06 bits per heavy atom. The molecule has 1 aliphatic rings. The maximum absolute atomic E-state index is 5.88. The van der Waals surface area contributed by atoms with Gasteiger partial charge < -0.3 is 4.90 Å². The van der Waals surface area contributed by atoms with Gasteiger partial charge in [0.25, 0.3) is 0 Å². The van der Waals surface area contributed by atoms with Crippen LogP contribution in [0.25, 0.3) is 0 Å². The summed E-state index contributed by atoms with van der Waals surface area (Å²) in [6, 6.07) is 5.69. The third-order valence-corrected chi connectivity index (χ3v) is 2.81. The van der Waals surface area contributed by atoms with E-state index in [1.807, 2.05) is 17.0 Å². The number of aliphatic imine (C=N–C) groups is 2. The van der Waals surface area contributed by atoms with Crippen LogP contribution in [0.4, 0.5) is 0 Å². The Morgan fingerprint density at radius 3 is 2.71 bits per heavy atom. The summed E-state index contributed by atoms with van der Waals surface area (Å²) in [5.41, 5.74) is 0.708. The van der Waals surface area contributed by atoms with Gasteiger partial charge in [0.1, 0.15) is 17.5 Å². The van der Waals surface area contributed by atoms with Crippen molar-refractivity contribution in [3.05, 3.63) is 29.0 Å². The predicted molar refractivity (Wildman–Crippen MR) is 70.9 cm³/mol. The fourth-order valence-electron chi connectivity index (χ4n) is 1.53. The molecule has 0 aliphatic carbocycles. The molecular formula is C11H12Cl2N4. The zero-order chi connectivity index (χ0) is 12.4. The van der Waals surface area contributed by atoms with E-state index < -0.39 is 0 Å². The van der Waals surface area contributed by atoms with Crippen molar-refractivity contribution < 1.29 is 0 Å². The van der Waals surface area contributed by atoms with Gasteiger partial charge in [-0.1, -0.05) is 17.7 Å². The molecule has 1 aromatic heterocycles. The molecule has 2 heterocycles. The molecule has 0 bridgehead atoms. The second kappa shape index (κ2) is 5.02. The van der Waals surface area contributed by atoms with Crippen molar-refractivity contribution in [2.75, 3.05) is 6.67 Å². The average Bonchev–Trinajstić information content (AvgIpc) is 2.28. The summed E-state index contributed by atoms with van der Waals surface area (Å²) in [6.07, 6.45) is 0. The second-order valence-corrected chi connectivity index (χ2v) is 4.64. The maximum atomic E-state index is 5.88. The van der Waals surface area contributed by atoms with Gasteiger partial charge in [0.05, 0.1) is 0 Å². The van der Waals surface area contributed by atoms with Crippen molar-refractivity contribution in [3.63, 3.8) is 0 Å². The summed E-state index contributed by atoms with van der Waals surface area (Å²) in [5.74, 6) is 0.711. The van der Waals surface area contributed by atoms with E-state index in [1.54, 1.807) is 6.07 Å². The lowest BCUT2D eigenvalue weighted by Crippen LogP contribution is -2.40. The fourth-order valence-corrected chi connectivity index (χ4v) is 1.83. The molecule has 0 fully saturated rings. The maximum Gasteiger partial charge on any atom is 0.221 e. The fraction of sp³-hybridized carbons (Fsp3) is 0.364. The van der Waals surface area contributed by atoms with E-state index in [0.29, 0.717) is 23.4 Å². The van der Waals surface area contributed by atoms with Gasteiger partial charge in [0.15, 0.2) is 5.84 Å². The van der Waals surface area contributed by atoms with Crippen molar-refractivity contribution in [3.8, 4) is 0 Å². The average molecular weight is 271 g/mol. The minimum absolute atomic E-state index is 0.249. The third-order valence-electron chi connectivity index (χ3n) is 2.39. The summed E-state index contributed by atoms with van der Waals surface area (Å²) in [4.78, 5) is 14.6. The smallest absolute Gasteiger partial charge is 0.221 e. The molecule has 4 nitrogen and oxygen atoms in total. The van der Waals surface area contributed by atoms with E-state index in [9.17, 15) is 0 Å². The van der Waals surface area contributed by atoms with Crippen LogP contribution in [0.3, 0.4) is 0 Å². The van der Waals surface area contributed by atoms with E-state index in [0.717, 1.165) is 0 Å². The van der Waals surface area contributed by atoms with Crippen LogP contribution in [0, 0.1) is 0 Å². The Hall–Kier alpha value is -1.13. The SMILES string of the molecule is CC(C)N1CN=C(Cl)N=C1c1cccc(Cl)n1. The van der Waals surface area contributed by atoms with E-state index in [-0.39, 0.29) is 11.3 Å². The Kier molecular flexibility index (Phi) is 3.64. The van der Waals surface area contributed by atoms with E-state index >= 15 is 0 Å². The normalized spacial score (nSPS) is 15.9. The second-order valence-electron chi connectivity index (χ2n) is 3.91. The minimum atomic E-state index is 0.249. The highest BCUT2D eigenvalue weighted by molar-refractivity contribution is 6.65. The molecule has 6 heteroatoms. The van der Waals surface area contributed by atoms with E-state index in [2.05, 4.69) is 28.8 Å². The molecule has 0 atom stereocenters. The van der Waals surface area contributed by atoms with Crippen LogP contribution in [-0.2, 0) is 0 Å². The van der Waals surface area contributed by atoms with Crippen LogP contribution in [0.5, 0.6) is 0 Å². The van der Waals surface area contributed by atoms with Gasteiger partial charge in [0.2, 0.25) is 5.29 Å². The molecule has 1 aromatic rings. The van der Waals surface area contributed by atoms with E-state index in [4.69, 9.17) is 23.2 Å². The van der Waals surface area contributed by atoms with Gasteiger partial charge in [-0.3, -0.25) is 0 Å². The molecule has 2 rings (SSSR count). The minimum Gasteiger partial charge on any atom is -0.333 e. The van der Waals surface area contributed by atoms with Crippen molar-refractivity contribution >= 4 is 34.3 Å². The van der Waals surface area contributed by atoms with Crippen molar-refractivity contribution in [2.24, 2.45) is 9.98 Å². The highest BCUT2D eigenvalue weighted by Gasteiger charge is 2.21. The summed E-state index contributed by atoms with van der Waals surface area (Å²) in [6.45, 7) is 4.62. The summed E-state index contributed by atoms with van der Waals surface area (Å²) < 4.78 is 0. The largest absolute Gasteiger partial charge is 0.333 e. The molecule has 0 N–H and O–H groups in total. The first kappa shape index (κ1) is 12.3. The number of halogens is 2. The molecule has 1 aliphatic heterocycles. The van der Waals surface area contributed by atoms with Crippen molar-refractivity contribution in [1.29, 1.82) is 0 Å². The molecule has 90 valence electrons. The van der Waals surface area contributed by atoms with Gasteiger partial charge in [-0.2, -0.15) is 4.99 Å². The summed E-state index contributed by atoms with van der Waals surface area (Å²) in [5, 5.41) is 0.686. The van der Waals surface area contributed by atoms with Crippen LogP contribution < -0.4 is 0 Å². The monoisotopic (exact) mass is 270 g/mol. The third kappa shape index (κ3) is 2.76. The highest BCUT2D eigenvalue weighted by Crippen LogP contribution is 2.15. The number of hydrogen-bond acceptors (Lipinski definition) is 4. The Morgan fingerprint density at radius 1 is 1.29 bits per heavy atom. The Labute approximate surface area is 110 Å². The molecule has 17 heavy (non-hydrogen) atoms. The molecule has 0 spiro atoms. The molecular weight excluding hydrogens is 259 g/mol. The van der Waals surface area contributed by atoms with Gasteiger partial charge in [-0.05, 0) is 37.6 Å². The number of rotatable bonds is 2. The van der Waals surface area contributed by atoms with Crippen molar-refractivity contribution in [1.82, 2.24) is 9.88 Å². The zero-order valence-electron chi connectivity index (χ0n) is 9.56. The molecule has 0 unspecified atom stereocenters. The lowest BCUT2D eigenvalue weighted by atomic mass is 10.2. The van der Waals surface area contributed by atoms with Crippen LogP contribution in [-0.4, -0.2) is 33.7 Å². The number of pyridine rings is 1. The first-order valence-corrected chi connectivity index (χ1v) is 6.01. The predicted octanol–water partition coefficient (Wildman–Crippen LogP) is 2.76. The molecule has 0 amide bonds. The summed E-state index contributed by atoms with van der Waals surface area (Å²) in [7, 11) is 0. The quantitative estimate of drug-likeness (QED) is 0.613. The Bertz CT molecular complexity index is 482. The van der Waals surface area contributed by atoms with E-state index in [1.165, 1.54) is 0 Å². The molecule has 0 saturated carbocycles. The molecule has 0 saturated heterocycles. The first-order valence-electron chi connectivity index (χ1n) is 5.26. The lowest BCUT2D eigenvalue weighted by Gasteiger charge is -2.29. The summed E-state index contributed by atoms with van der Waals surface area (Å²) >= 11 is 11.7.